The first-order valence-corrected chi connectivity index (χ1v) is 11.7. The molecular weight excluding hydrogens is 450 g/mol. The van der Waals surface area contributed by atoms with E-state index in [1.54, 1.807) is 23.0 Å². The summed E-state index contributed by atoms with van der Waals surface area (Å²) >= 11 is 0. The van der Waals surface area contributed by atoms with Gasteiger partial charge in [0.1, 0.15) is 16.9 Å². The third-order valence-electron chi connectivity index (χ3n) is 6.37. The van der Waals surface area contributed by atoms with Crippen LogP contribution in [0.4, 0.5) is 16.2 Å². The Kier molecular flexibility index (Phi) is 5.93. The van der Waals surface area contributed by atoms with Gasteiger partial charge in [-0.1, -0.05) is 0 Å². The van der Waals surface area contributed by atoms with E-state index < -0.39 is 6.09 Å². The number of fused-ring (bicyclic) bond motifs is 2. The van der Waals surface area contributed by atoms with Crippen molar-refractivity contribution in [1.82, 2.24) is 24.8 Å². The number of rotatable bonds is 6. The summed E-state index contributed by atoms with van der Waals surface area (Å²) in [6, 6.07) is 5.80. The Labute approximate surface area is 202 Å². The molecule has 0 radical (unpaired) electrons. The Hall–Kier alpha value is -3.86. The summed E-state index contributed by atoms with van der Waals surface area (Å²) < 4.78 is 7.75. The quantitative estimate of drug-likeness (QED) is 0.491. The van der Waals surface area contributed by atoms with Crippen LogP contribution in [0.5, 0.6) is 5.75 Å². The summed E-state index contributed by atoms with van der Waals surface area (Å²) in [7, 11) is 0. The van der Waals surface area contributed by atoms with Gasteiger partial charge in [0.05, 0.1) is 17.6 Å². The first-order chi connectivity index (χ1) is 16.8. The lowest BCUT2D eigenvalue weighted by molar-refractivity contribution is 0.102. The molecule has 0 unspecified atom stereocenters. The summed E-state index contributed by atoms with van der Waals surface area (Å²) in [5, 5.41) is 18.5. The number of amides is 2. The summed E-state index contributed by atoms with van der Waals surface area (Å²) in [6.45, 7) is 8.23. The van der Waals surface area contributed by atoms with Crippen LogP contribution in [-0.4, -0.2) is 81.5 Å². The summed E-state index contributed by atoms with van der Waals surface area (Å²) in [5.74, 6) is 0.574. The number of carboxylic acid groups (broad SMARTS) is 1. The Morgan fingerprint density at radius 3 is 2.77 bits per heavy atom. The van der Waals surface area contributed by atoms with Gasteiger partial charge in [-0.15, -0.1) is 0 Å². The second kappa shape index (κ2) is 9.06. The molecule has 11 nitrogen and oxygen atoms in total. The average Bonchev–Trinajstić information content (AvgIpc) is 3.38. The number of carbonyl (C=O) groups excluding carboxylic acids is 1. The molecule has 0 spiro atoms. The summed E-state index contributed by atoms with van der Waals surface area (Å²) in [6.07, 6.45) is 4.67. The van der Waals surface area contributed by atoms with E-state index in [2.05, 4.69) is 44.4 Å². The molecule has 4 heterocycles. The van der Waals surface area contributed by atoms with Gasteiger partial charge in [0.25, 0.3) is 5.91 Å². The molecule has 2 aromatic heterocycles. The van der Waals surface area contributed by atoms with Crippen molar-refractivity contribution in [1.29, 1.82) is 0 Å². The number of nitrogens with one attached hydrogen (secondary N) is 2. The second-order valence-corrected chi connectivity index (χ2v) is 9.48. The van der Waals surface area contributed by atoms with Crippen LogP contribution < -0.4 is 20.3 Å². The number of nitrogens with zero attached hydrogens (tertiary/aromatic N) is 5. The SMILES string of the molecule is CC1(C)Cc2cc(NC(=O)c3cnn4cccnc34)c(N3CCN(CCNC(=O)O)CC3)cc2O1. The number of aromatic nitrogens is 3. The first kappa shape index (κ1) is 22.9. The standard InChI is InChI=1S/C24H29N7O4/c1-24(2)14-16-12-18(28-22(32)17-15-27-31-6-3-4-25-21(17)31)19(13-20(16)35-24)30-10-8-29(9-11-30)7-5-26-23(33)34/h3-4,6,12-13,15,26H,5,7-11,14H2,1-2H3,(H,28,32)(H,33,34). The van der Waals surface area contributed by atoms with Crippen molar-refractivity contribution in [3.05, 3.63) is 47.9 Å². The molecule has 0 atom stereocenters. The fourth-order valence-corrected chi connectivity index (χ4v) is 4.71. The molecule has 1 fully saturated rings. The molecule has 2 aliphatic heterocycles. The number of carbonyl (C=O) groups is 2. The Bertz CT molecular complexity index is 1260. The summed E-state index contributed by atoms with van der Waals surface area (Å²) in [5.41, 5.74) is 3.30. The predicted molar refractivity (Wildman–Crippen MR) is 130 cm³/mol. The molecule has 0 aliphatic carbocycles. The maximum Gasteiger partial charge on any atom is 0.404 e. The largest absolute Gasteiger partial charge is 0.487 e. The van der Waals surface area contributed by atoms with E-state index in [4.69, 9.17) is 9.84 Å². The predicted octanol–water partition coefficient (Wildman–Crippen LogP) is 2.08. The average molecular weight is 480 g/mol. The second-order valence-electron chi connectivity index (χ2n) is 9.48. The van der Waals surface area contributed by atoms with Gasteiger partial charge in [-0.05, 0) is 26.0 Å². The number of piperazine rings is 1. The number of ether oxygens (including phenoxy) is 1. The smallest absolute Gasteiger partial charge is 0.404 e. The van der Waals surface area contributed by atoms with Crippen LogP contribution in [0.15, 0.2) is 36.8 Å². The topological polar surface area (TPSA) is 124 Å². The van der Waals surface area contributed by atoms with Crippen LogP contribution in [0.25, 0.3) is 5.65 Å². The maximum absolute atomic E-state index is 13.3. The monoisotopic (exact) mass is 479 g/mol. The van der Waals surface area contributed by atoms with E-state index in [0.29, 0.717) is 24.3 Å². The first-order valence-electron chi connectivity index (χ1n) is 11.7. The molecule has 3 aromatic rings. The highest BCUT2D eigenvalue weighted by molar-refractivity contribution is 6.09. The van der Waals surface area contributed by atoms with Gasteiger partial charge in [-0.2, -0.15) is 5.10 Å². The fraction of sp³-hybridized carbons (Fsp3) is 0.417. The van der Waals surface area contributed by atoms with Crippen molar-refractivity contribution in [3.63, 3.8) is 0 Å². The number of hydrogen-bond acceptors (Lipinski definition) is 7. The number of anilines is 2. The minimum absolute atomic E-state index is 0.267. The molecule has 1 aromatic carbocycles. The van der Waals surface area contributed by atoms with Crippen LogP contribution in [0.1, 0.15) is 29.8 Å². The van der Waals surface area contributed by atoms with Gasteiger partial charge in [0, 0.05) is 69.7 Å². The van der Waals surface area contributed by atoms with Crippen molar-refractivity contribution in [2.24, 2.45) is 0 Å². The van der Waals surface area contributed by atoms with Crippen molar-refractivity contribution >= 4 is 29.0 Å². The molecule has 184 valence electrons. The van der Waals surface area contributed by atoms with E-state index >= 15 is 0 Å². The van der Waals surface area contributed by atoms with Crippen LogP contribution in [-0.2, 0) is 6.42 Å². The normalized spacial score (nSPS) is 17.1. The lowest BCUT2D eigenvalue weighted by Crippen LogP contribution is -2.48. The van der Waals surface area contributed by atoms with E-state index in [9.17, 15) is 9.59 Å². The number of hydrogen-bond donors (Lipinski definition) is 3. The van der Waals surface area contributed by atoms with E-state index in [1.165, 1.54) is 6.20 Å². The van der Waals surface area contributed by atoms with Crippen LogP contribution in [0, 0.1) is 0 Å². The van der Waals surface area contributed by atoms with Crippen molar-refractivity contribution in [3.8, 4) is 5.75 Å². The lowest BCUT2D eigenvalue weighted by Gasteiger charge is -2.37. The minimum atomic E-state index is -1.01. The molecular formula is C24H29N7O4. The molecule has 2 amide bonds. The van der Waals surface area contributed by atoms with Gasteiger partial charge < -0.3 is 25.4 Å². The molecule has 0 bridgehead atoms. The summed E-state index contributed by atoms with van der Waals surface area (Å²) in [4.78, 5) is 32.7. The van der Waals surface area contributed by atoms with Crippen LogP contribution >= 0.6 is 0 Å². The molecule has 11 heteroatoms. The Balaban J connectivity index is 1.38. The highest BCUT2D eigenvalue weighted by Gasteiger charge is 2.32. The molecule has 35 heavy (non-hydrogen) atoms. The zero-order valence-corrected chi connectivity index (χ0v) is 19.8. The van der Waals surface area contributed by atoms with Gasteiger partial charge in [-0.3, -0.25) is 9.69 Å². The Morgan fingerprint density at radius 1 is 1.20 bits per heavy atom. The third-order valence-corrected chi connectivity index (χ3v) is 6.37. The molecule has 0 saturated carbocycles. The molecule has 3 N–H and O–H groups in total. The van der Waals surface area contributed by atoms with Crippen LogP contribution in [0.3, 0.4) is 0 Å². The minimum Gasteiger partial charge on any atom is -0.487 e. The van der Waals surface area contributed by atoms with Gasteiger partial charge in [0.2, 0.25) is 0 Å². The lowest BCUT2D eigenvalue weighted by atomic mass is 10.0. The van der Waals surface area contributed by atoms with E-state index in [1.807, 2.05) is 12.1 Å². The zero-order chi connectivity index (χ0) is 24.6. The van der Waals surface area contributed by atoms with E-state index in [0.717, 1.165) is 55.3 Å². The highest BCUT2D eigenvalue weighted by atomic mass is 16.5. The van der Waals surface area contributed by atoms with E-state index in [-0.39, 0.29) is 11.5 Å². The number of benzene rings is 1. The van der Waals surface area contributed by atoms with Crippen molar-refractivity contribution < 1.29 is 19.4 Å². The Morgan fingerprint density at radius 2 is 2.00 bits per heavy atom. The molecule has 2 aliphatic rings. The third kappa shape index (κ3) is 4.85. The molecule has 1 saturated heterocycles. The van der Waals surface area contributed by atoms with Crippen molar-refractivity contribution in [2.75, 3.05) is 49.5 Å². The zero-order valence-electron chi connectivity index (χ0n) is 19.8. The molecule has 5 rings (SSSR count). The fourth-order valence-electron chi connectivity index (χ4n) is 4.71. The van der Waals surface area contributed by atoms with Gasteiger partial charge in [-0.25, -0.2) is 14.3 Å². The van der Waals surface area contributed by atoms with Gasteiger partial charge in [0.15, 0.2) is 5.65 Å². The van der Waals surface area contributed by atoms with Gasteiger partial charge >= 0.3 is 6.09 Å². The maximum atomic E-state index is 13.3. The van der Waals surface area contributed by atoms with Crippen molar-refractivity contribution in [2.45, 2.75) is 25.9 Å². The van der Waals surface area contributed by atoms with Crippen LogP contribution in [0.2, 0.25) is 0 Å². The highest BCUT2D eigenvalue weighted by Crippen LogP contribution is 2.42.